The molecule has 2 nitrogen and oxygen atoms in total. The van der Waals surface area contributed by atoms with Gasteiger partial charge in [0.05, 0.1) is 6.10 Å². The van der Waals surface area contributed by atoms with E-state index in [9.17, 15) is 5.11 Å². The second-order valence-corrected chi connectivity index (χ2v) is 6.01. The summed E-state index contributed by atoms with van der Waals surface area (Å²) in [5.74, 6) is 1.46. The van der Waals surface area contributed by atoms with Crippen LogP contribution >= 0.6 is 0 Å². The first-order valence-corrected chi connectivity index (χ1v) is 7.26. The molecular formula is C16H23NO. The van der Waals surface area contributed by atoms with Crippen LogP contribution in [0.4, 0.5) is 0 Å². The third-order valence-corrected chi connectivity index (χ3v) is 4.50. The highest BCUT2D eigenvalue weighted by Crippen LogP contribution is 2.31. The number of aliphatic hydroxyl groups excluding tert-OH is 1. The van der Waals surface area contributed by atoms with Crippen molar-refractivity contribution in [2.45, 2.75) is 37.7 Å². The summed E-state index contributed by atoms with van der Waals surface area (Å²) in [6.45, 7) is 3.60. The zero-order valence-corrected chi connectivity index (χ0v) is 11.0. The van der Waals surface area contributed by atoms with Gasteiger partial charge in [0.25, 0.3) is 0 Å². The molecule has 2 atom stereocenters. The summed E-state index contributed by atoms with van der Waals surface area (Å²) in [5.41, 5.74) is 1.48. The zero-order valence-electron chi connectivity index (χ0n) is 11.0. The summed E-state index contributed by atoms with van der Waals surface area (Å²) in [6, 6.07) is 10.8. The predicted octanol–water partition coefficient (Wildman–Crippen LogP) is 2.64. The second-order valence-electron chi connectivity index (χ2n) is 6.01. The molecule has 0 amide bonds. The van der Waals surface area contributed by atoms with E-state index in [1.54, 1.807) is 0 Å². The number of rotatable bonds is 3. The number of aliphatic hydroxyl groups is 1. The van der Waals surface area contributed by atoms with Crippen molar-refractivity contribution in [3.8, 4) is 0 Å². The summed E-state index contributed by atoms with van der Waals surface area (Å²) in [7, 11) is 0. The Labute approximate surface area is 110 Å². The molecule has 18 heavy (non-hydrogen) atoms. The molecule has 1 heterocycles. The Balaban J connectivity index is 1.45. The Morgan fingerprint density at radius 2 is 1.89 bits per heavy atom. The van der Waals surface area contributed by atoms with E-state index in [4.69, 9.17) is 0 Å². The maximum absolute atomic E-state index is 9.69. The van der Waals surface area contributed by atoms with Crippen LogP contribution in [0.3, 0.4) is 0 Å². The third kappa shape index (κ3) is 2.76. The van der Waals surface area contributed by atoms with Gasteiger partial charge in [-0.1, -0.05) is 36.8 Å². The summed E-state index contributed by atoms with van der Waals surface area (Å²) in [6.07, 6.45) is 4.52. The molecule has 0 radical (unpaired) electrons. The van der Waals surface area contributed by atoms with Crippen molar-refractivity contribution in [2.24, 2.45) is 5.92 Å². The standard InChI is InChI=1S/C16H23NO/c18-16-8-4-5-13(9-16)10-17-11-15(12-17)14-6-2-1-3-7-14/h1-3,6-7,13,15-16,18H,4-5,8-12H2. The van der Waals surface area contributed by atoms with Crippen LogP contribution in [0.25, 0.3) is 0 Å². The summed E-state index contributed by atoms with van der Waals surface area (Å²) in [5, 5.41) is 9.69. The van der Waals surface area contributed by atoms with Crippen LogP contribution in [0.15, 0.2) is 30.3 Å². The van der Waals surface area contributed by atoms with E-state index < -0.39 is 0 Å². The minimum Gasteiger partial charge on any atom is -0.393 e. The van der Waals surface area contributed by atoms with Gasteiger partial charge in [-0.05, 0) is 30.7 Å². The first-order valence-electron chi connectivity index (χ1n) is 7.26. The van der Waals surface area contributed by atoms with Crippen molar-refractivity contribution < 1.29 is 5.11 Å². The Bertz CT molecular complexity index is 372. The number of likely N-dealkylation sites (tertiary alicyclic amines) is 1. The smallest absolute Gasteiger partial charge is 0.0543 e. The summed E-state index contributed by atoms with van der Waals surface area (Å²) >= 11 is 0. The number of benzene rings is 1. The first kappa shape index (κ1) is 12.2. The Morgan fingerprint density at radius 1 is 1.11 bits per heavy atom. The average molecular weight is 245 g/mol. The van der Waals surface area contributed by atoms with Crippen molar-refractivity contribution in [1.29, 1.82) is 0 Å². The zero-order chi connectivity index (χ0) is 12.4. The van der Waals surface area contributed by atoms with Gasteiger partial charge in [0.1, 0.15) is 0 Å². The monoisotopic (exact) mass is 245 g/mol. The van der Waals surface area contributed by atoms with Crippen LogP contribution in [0, 0.1) is 5.92 Å². The lowest BCUT2D eigenvalue weighted by Crippen LogP contribution is -2.47. The molecule has 1 aromatic carbocycles. The molecule has 1 saturated carbocycles. The minimum atomic E-state index is -0.0325. The van der Waals surface area contributed by atoms with Gasteiger partial charge >= 0.3 is 0 Å². The quantitative estimate of drug-likeness (QED) is 0.885. The lowest BCUT2D eigenvalue weighted by molar-refractivity contribution is 0.0610. The Hall–Kier alpha value is -0.860. The highest BCUT2D eigenvalue weighted by Gasteiger charge is 2.30. The molecule has 2 aliphatic rings. The van der Waals surface area contributed by atoms with Crippen molar-refractivity contribution in [3.63, 3.8) is 0 Å². The van der Waals surface area contributed by atoms with E-state index in [0.717, 1.165) is 24.7 Å². The molecule has 1 saturated heterocycles. The molecule has 1 aliphatic heterocycles. The van der Waals surface area contributed by atoms with Crippen LogP contribution in [-0.2, 0) is 0 Å². The first-order chi connectivity index (χ1) is 8.81. The maximum Gasteiger partial charge on any atom is 0.0543 e. The SMILES string of the molecule is OC1CCCC(CN2CC(c3ccccc3)C2)C1. The van der Waals surface area contributed by atoms with Crippen LogP contribution in [-0.4, -0.2) is 35.7 Å². The van der Waals surface area contributed by atoms with Crippen LogP contribution in [0.2, 0.25) is 0 Å². The highest BCUT2D eigenvalue weighted by atomic mass is 16.3. The van der Waals surface area contributed by atoms with E-state index >= 15 is 0 Å². The summed E-state index contributed by atoms with van der Waals surface area (Å²) in [4.78, 5) is 2.56. The maximum atomic E-state index is 9.69. The Kier molecular flexibility index (Phi) is 3.67. The summed E-state index contributed by atoms with van der Waals surface area (Å²) < 4.78 is 0. The third-order valence-electron chi connectivity index (χ3n) is 4.50. The van der Waals surface area contributed by atoms with Gasteiger partial charge in [0.2, 0.25) is 0 Å². The van der Waals surface area contributed by atoms with Gasteiger partial charge in [0, 0.05) is 25.6 Å². The van der Waals surface area contributed by atoms with E-state index in [0.29, 0.717) is 0 Å². The molecule has 0 aromatic heterocycles. The van der Waals surface area contributed by atoms with Crippen LogP contribution in [0.1, 0.15) is 37.2 Å². The molecule has 2 heteroatoms. The van der Waals surface area contributed by atoms with Crippen molar-refractivity contribution in [1.82, 2.24) is 4.90 Å². The van der Waals surface area contributed by atoms with Gasteiger partial charge in [-0.25, -0.2) is 0 Å². The predicted molar refractivity (Wildman–Crippen MR) is 73.6 cm³/mol. The van der Waals surface area contributed by atoms with Gasteiger partial charge in [-0.3, -0.25) is 0 Å². The molecule has 1 aromatic rings. The van der Waals surface area contributed by atoms with Crippen LogP contribution in [0.5, 0.6) is 0 Å². The van der Waals surface area contributed by atoms with Gasteiger partial charge in [-0.2, -0.15) is 0 Å². The van der Waals surface area contributed by atoms with Gasteiger partial charge in [0.15, 0.2) is 0 Å². The fraction of sp³-hybridized carbons (Fsp3) is 0.625. The van der Waals surface area contributed by atoms with E-state index in [1.165, 1.54) is 38.0 Å². The minimum absolute atomic E-state index is 0.0325. The fourth-order valence-corrected chi connectivity index (χ4v) is 3.45. The molecule has 0 spiro atoms. The molecule has 98 valence electrons. The average Bonchev–Trinajstić information content (AvgIpc) is 2.34. The van der Waals surface area contributed by atoms with E-state index in [-0.39, 0.29) is 6.10 Å². The van der Waals surface area contributed by atoms with Crippen molar-refractivity contribution in [3.05, 3.63) is 35.9 Å². The Morgan fingerprint density at radius 3 is 2.61 bits per heavy atom. The van der Waals surface area contributed by atoms with E-state index in [2.05, 4.69) is 35.2 Å². The molecule has 3 rings (SSSR count). The molecule has 2 fully saturated rings. The van der Waals surface area contributed by atoms with Crippen molar-refractivity contribution >= 4 is 0 Å². The topological polar surface area (TPSA) is 23.5 Å². The van der Waals surface area contributed by atoms with Crippen molar-refractivity contribution in [2.75, 3.05) is 19.6 Å². The lowest BCUT2D eigenvalue weighted by atomic mass is 9.84. The molecule has 0 bridgehead atoms. The van der Waals surface area contributed by atoms with Gasteiger partial charge in [-0.15, -0.1) is 0 Å². The van der Waals surface area contributed by atoms with Gasteiger partial charge < -0.3 is 10.0 Å². The lowest BCUT2D eigenvalue weighted by Gasteiger charge is -2.42. The number of hydrogen-bond acceptors (Lipinski definition) is 2. The highest BCUT2D eigenvalue weighted by molar-refractivity contribution is 5.22. The normalized spacial score (nSPS) is 30.1. The molecular weight excluding hydrogens is 222 g/mol. The molecule has 2 unspecified atom stereocenters. The fourth-order valence-electron chi connectivity index (χ4n) is 3.45. The second kappa shape index (κ2) is 5.41. The molecule has 1 aliphatic carbocycles. The van der Waals surface area contributed by atoms with Crippen LogP contribution < -0.4 is 0 Å². The molecule has 1 N–H and O–H groups in total. The number of hydrogen-bond donors (Lipinski definition) is 1. The largest absolute Gasteiger partial charge is 0.393 e. The van der Waals surface area contributed by atoms with E-state index in [1.807, 2.05) is 0 Å². The number of nitrogens with zero attached hydrogens (tertiary/aromatic N) is 1.